The van der Waals surface area contributed by atoms with Gasteiger partial charge in [0.2, 0.25) is 0 Å². The molecule has 1 N–H and O–H groups in total. The molecular formula is C9H12N2O5. The van der Waals surface area contributed by atoms with E-state index in [-0.39, 0.29) is 5.56 Å². The zero-order valence-corrected chi connectivity index (χ0v) is 9.13. The molecule has 88 valence electrons. The Bertz CT molecular complexity index is 417. The predicted octanol–water partition coefficient (Wildman–Crippen LogP) is 2.54. The third kappa shape index (κ3) is 2.91. The van der Waals surface area contributed by atoms with Crippen LogP contribution in [0.5, 0.6) is 5.75 Å². The molecule has 0 saturated heterocycles. The molecule has 0 heterocycles. The first-order chi connectivity index (χ1) is 7.43. The van der Waals surface area contributed by atoms with Gasteiger partial charge in [0.05, 0.1) is 15.9 Å². The van der Waals surface area contributed by atoms with Gasteiger partial charge < -0.3 is 5.11 Å². The van der Waals surface area contributed by atoms with Crippen molar-refractivity contribution in [3.63, 3.8) is 0 Å². The summed E-state index contributed by atoms with van der Waals surface area (Å²) in [5.74, 6) is -0.541. The van der Waals surface area contributed by atoms with Crippen molar-refractivity contribution < 1.29 is 15.0 Å². The normalized spacial score (nSPS) is 8.94. The second-order valence-electron chi connectivity index (χ2n) is 2.64. The highest BCUT2D eigenvalue weighted by Gasteiger charge is 2.21. The number of hydrogen-bond donors (Lipinski definition) is 1. The summed E-state index contributed by atoms with van der Waals surface area (Å²) in [4.78, 5) is 19.1. The molecule has 7 heteroatoms. The van der Waals surface area contributed by atoms with E-state index in [0.29, 0.717) is 0 Å². The second kappa shape index (κ2) is 5.64. The van der Waals surface area contributed by atoms with Crippen LogP contribution in [0.4, 0.5) is 11.4 Å². The van der Waals surface area contributed by atoms with Crippen LogP contribution >= 0.6 is 0 Å². The van der Waals surface area contributed by atoms with Crippen LogP contribution in [-0.2, 0) is 0 Å². The molecule has 0 saturated carbocycles. The molecule has 1 aromatic carbocycles. The molecule has 1 aromatic rings. The molecule has 0 fully saturated rings. The van der Waals surface area contributed by atoms with Crippen molar-refractivity contribution in [3.8, 4) is 5.75 Å². The molecule has 0 unspecified atom stereocenters. The highest BCUT2D eigenvalue weighted by Crippen LogP contribution is 2.33. The lowest BCUT2D eigenvalue weighted by molar-refractivity contribution is -0.394. The minimum Gasteiger partial charge on any atom is -0.502 e. The van der Waals surface area contributed by atoms with E-state index >= 15 is 0 Å². The monoisotopic (exact) mass is 228 g/mol. The molecule has 0 aliphatic carbocycles. The van der Waals surface area contributed by atoms with E-state index in [1.54, 1.807) is 0 Å². The summed E-state index contributed by atoms with van der Waals surface area (Å²) in [5, 5.41) is 29.9. The molecule has 0 aliphatic heterocycles. The first-order valence-electron chi connectivity index (χ1n) is 4.56. The average molecular weight is 228 g/mol. The van der Waals surface area contributed by atoms with E-state index in [1.807, 2.05) is 13.8 Å². The van der Waals surface area contributed by atoms with Crippen LogP contribution in [0.1, 0.15) is 19.4 Å². The Labute approximate surface area is 91.6 Å². The molecule has 0 amide bonds. The van der Waals surface area contributed by atoms with E-state index in [4.69, 9.17) is 0 Å². The number of aryl methyl sites for hydroxylation is 1. The van der Waals surface area contributed by atoms with Gasteiger partial charge in [-0.3, -0.25) is 20.2 Å². The number of nitrogens with zero attached hydrogens (tertiary/aromatic N) is 2. The number of aromatic hydroxyl groups is 1. The van der Waals surface area contributed by atoms with Crippen molar-refractivity contribution in [1.29, 1.82) is 0 Å². The Morgan fingerprint density at radius 2 is 1.62 bits per heavy atom. The van der Waals surface area contributed by atoms with Gasteiger partial charge in [0.1, 0.15) is 0 Å². The summed E-state index contributed by atoms with van der Waals surface area (Å²) in [5.41, 5.74) is -0.963. The maximum absolute atomic E-state index is 10.4. The lowest BCUT2D eigenvalue weighted by Crippen LogP contribution is -1.94. The zero-order chi connectivity index (χ0) is 12.9. The minimum absolute atomic E-state index is 0.103. The predicted molar refractivity (Wildman–Crippen MR) is 57.5 cm³/mol. The topological polar surface area (TPSA) is 107 Å². The Morgan fingerprint density at radius 3 is 2.00 bits per heavy atom. The number of rotatable bonds is 2. The maximum atomic E-state index is 10.4. The van der Waals surface area contributed by atoms with E-state index in [2.05, 4.69) is 0 Å². The van der Waals surface area contributed by atoms with Gasteiger partial charge in [-0.1, -0.05) is 13.8 Å². The molecular weight excluding hydrogens is 216 g/mol. The van der Waals surface area contributed by atoms with Crippen LogP contribution in [-0.4, -0.2) is 15.0 Å². The smallest absolute Gasteiger partial charge is 0.317 e. The van der Waals surface area contributed by atoms with Gasteiger partial charge in [-0.15, -0.1) is 0 Å². The molecule has 0 aromatic heterocycles. The number of nitro groups is 2. The molecule has 0 aliphatic rings. The van der Waals surface area contributed by atoms with Crippen molar-refractivity contribution in [3.05, 3.63) is 37.9 Å². The number of phenolic OH excluding ortho intramolecular Hbond substituents is 1. The van der Waals surface area contributed by atoms with Gasteiger partial charge in [-0.05, 0) is 6.92 Å². The summed E-state index contributed by atoms with van der Waals surface area (Å²) < 4.78 is 0. The fourth-order valence-electron chi connectivity index (χ4n) is 0.987. The molecule has 0 bridgehead atoms. The second-order valence-corrected chi connectivity index (χ2v) is 2.64. The van der Waals surface area contributed by atoms with Crippen LogP contribution in [0, 0.1) is 27.2 Å². The van der Waals surface area contributed by atoms with Gasteiger partial charge in [-0.2, -0.15) is 0 Å². The lowest BCUT2D eigenvalue weighted by Gasteiger charge is -1.99. The third-order valence-electron chi connectivity index (χ3n) is 1.67. The van der Waals surface area contributed by atoms with Crippen molar-refractivity contribution in [2.24, 2.45) is 0 Å². The van der Waals surface area contributed by atoms with E-state index in [9.17, 15) is 25.3 Å². The van der Waals surface area contributed by atoms with E-state index in [0.717, 1.165) is 12.1 Å². The fourth-order valence-corrected chi connectivity index (χ4v) is 0.987. The summed E-state index contributed by atoms with van der Waals surface area (Å²) in [7, 11) is 0. The van der Waals surface area contributed by atoms with Crippen LogP contribution in [0.25, 0.3) is 0 Å². The lowest BCUT2D eigenvalue weighted by atomic mass is 10.1. The zero-order valence-electron chi connectivity index (χ0n) is 9.13. The van der Waals surface area contributed by atoms with Crippen molar-refractivity contribution >= 4 is 11.4 Å². The Hall–Kier alpha value is -2.18. The van der Waals surface area contributed by atoms with Gasteiger partial charge in [0, 0.05) is 11.6 Å². The van der Waals surface area contributed by atoms with Crippen LogP contribution < -0.4 is 0 Å². The first-order valence-corrected chi connectivity index (χ1v) is 4.56. The number of hydrogen-bond acceptors (Lipinski definition) is 5. The highest BCUT2D eigenvalue weighted by atomic mass is 16.6. The summed E-state index contributed by atoms with van der Waals surface area (Å²) >= 11 is 0. The number of non-ortho nitro benzene ring substituents is 1. The van der Waals surface area contributed by atoms with Gasteiger partial charge >= 0.3 is 5.69 Å². The Morgan fingerprint density at radius 1 is 1.12 bits per heavy atom. The Kier molecular flexibility index (Phi) is 4.87. The highest BCUT2D eigenvalue weighted by molar-refractivity contribution is 5.57. The molecule has 0 spiro atoms. The molecule has 16 heavy (non-hydrogen) atoms. The molecule has 0 radical (unpaired) electrons. The number of benzene rings is 1. The van der Waals surface area contributed by atoms with Crippen LogP contribution in [0.3, 0.4) is 0 Å². The van der Waals surface area contributed by atoms with Crippen LogP contribution in [0.15, 0.2) is 12.1 Å². The molecule has 0 atom stereocenters. The molecule has 7 nitrogen and oxygen atoms in total. The SMILES string of the molecule is CC.Cc1cc([N+](=O)[O-])cc([N+](=O)[O-])c1O. The standard InChI is InChI=1S/C7H6N2O5.C2H6/c1-4-2-5(8(11)12)3-6(7(4)10)9(13)14;1-2/h2-3,10H,1H3;1-2H3. The number of nitro benzene ring substituents is 2. The average Bonchev–Trinajstić information content (AvgIpc) is 2.24. The third-order valence-corrected chi connectivity index (χ3v) is 1.67. The Balaban J connectivity index is 0.00000106. The minimum atomic E-state index is -0.866. The van der Waals surface area contributed by atoms with Crippen molar-refractivity contribution in [1.82, 2.24) is 0 Å². The summed E-state index contributed by atoms with van der Waals surface area (Å²) in [6.45, 7) is 5.36. The van der Waals surface area contributed by atoms with Gasteiger partial charge in [-0.25, -0.2) is 0 Å². The van der Waals surface area contributed by atoms with Crippen molar-refractivity contribution in [2.75, 3.05) is 0 Å². The first kappa shape index (κ1) is 13.8. The van der Waals surface area contributed by atoms with Gasteiger partial charge in [0.15, 0.2) is 5.75 Å². The largest absolute Gasteiger partial charge is 0.502 e. The molecule has 1 rings (SSSR count). The van der Waals surface area contributed by atoms with Gasteiger partial charge in [0.25, 0.3) is 5.69 Å². The van der Waals surface area contributed by atoms with Crippen molar-refractivity contribution in [2.45, 2.75) is 20.8 Å². The van der Waals surface area contributed by atoms with E-state index < -0.39 is 27.0 Å². The summed E-state index contributed by atoms with van der Waals surface area (Å²) in [6.07, 6.45) is 0. The van der Waals surface area contributed by atoms with E-state index in [1.165, 1.54) is 6.92 Å². The fraction of sp³-hybridized carbons (Fsp3) is 0.333. The quantitative estimate of drug-likeness (QED) is 0.618. The van der Waals surface area contributed by atoms with Crippen LogP contribution in [0.2, 0.25) is 0 Å². The maximum Gasteiger partial charge on any atom is 0.317 e. The number of phenols is 1. The summed E-state index contributed by atoms with van der Waals surface area (Å²) in [6, 6.07) is 1.80.